The van der Waals surface area contributed by atoms with Gasteiger partial charge in [-0.15, -0.1) is 0 Å². The molecule has 0 fully saturated rings. The van der Waals surface area contributed by atoms with Gasteiger partial charge in [-0.1, -0.05) is 30.3 Å². The number of nitrogens with one attached hydrogen (secondary N) is 2. The van der Waals surface area contributed by atoms with Gasteiger partial charge in [-0.05, 0) is 44.0 Å². The number of benzene rings is 2. The minimum absolute atomic E-state index is 0.241. The third-order valence-corrected chi connectivity index (χ3v) is 3.66. The van der Waals surface area contributed by atoms with Gasteiger partial charge in [-0.25, -0.2) is 0 Å². The van der Waals surface area contributed by atoms with Gasteiger partial charge in [0.2, 0.25) is 5.91 Å². The molecular formula is C20H24N2O4. The van der Waals surface area contributed by atoms with E-state index in [1.807, 2.05) is 50.2 Å². The first-order valence-electron chi connectivity index (χ1n) is 8.61. The number of para-hydroxylation sites is 2. The van der Waals surface area contributed by atoms with Gasteiger partial charge in [0, 0.05) is 12.0 Å². The fourth-order valence-corrected chi connectivity index (χ4v) is 2.34. The SMILES string of the molecule is CCOc1ccccc1OCCCC(=O)NNC(=O)c1ccccc1C. The molecular weight excluding hydrogens is 332 g/mol. The zero-order valence-corrected chi connectivity index (χ0v) is 15.1. The normalized spacial score (nSPS) is 10.1. The topological polar surface area (TPSA) is 76.7 Å². The van der Waals surface area contributed by atoms with Crippen LogP contribution < -0.4 is 20.3 Å². The van der Waals surface area contributed by atoms with Crippen LogP contribution in [0.2, 0.25) is 0 Å². The maximum Gasteiger partial charge on any atom is 0.269 e. The van der Waals surface area contributed by atoms with Crippen molar-refractivity contribution in [2.45, 2.75) is 26.7 Å². The van der Waals surface area contributed by atoms with Gasteiger partial charge >= 0.3 is 0 Å². The highest BCUT2D eigenvalue weighted by molar-refractivity contribution is 5.96. The molecule has 0 aliphatic heterocycles. The summed E-state index contributed by atoms with van der Waals surface area (Å²) in [6.07, 6.45) is 0.761. The van der Waals surface area contributed by atoms with E-state index in [9.17, 15) is 9.59 Å². The monoisotopic (exact) mass is 356 g/mol. The van der Waals surface area contributed by atoms with Crippen molar-refractivity contribution in [2.75, 3.05) is 13.2 Å². The standard InChI is InChI=1S/C20H24N2O4/c1-3-25-17-11-6-7-12-18(17)26-14-8-13-19(23)21-22-20(24)16-10-5-4-9-15(16)2/h4-7,9-12H,3,8,13-14H2,1-2H3,(H,21,23)(H,22,24). The van der Waals surface area contributed by atoms with Gasteiger partial charge in [-0.3, -0.25) is 20.4 Å². The molecule has 0 atom stereocenters. The molecule has 2 amide bonds. The van der Waals surface area contributed by atoms with Gasteiger partial charge in [0.05, 0.1) is 13.2 Å². The van der Waals surface area contributed by atoms with E-state index >= 15 is 0 Å². The third-order valence-electron chi connectivity index (χ3n) is 3.66. The smallest absolute Gasteiger partial charge is 0.269 e. The Bertz CT molecular complexity index is 746. The molecule has 0 radical (unpaired) electrons. The van der Waals surface area contributed by atoms with Crippen LogP contribution in [0.4, 0.5) is 0 Å². The van der Waals surface area contributed by atoms with Crippen LogP contribution in [-0.2, 0) is 4.79 Å². The first kappa shape index (κ1) is 19.3. The average molecular weight is 356 g/mol. The first-order chi connectivity index (χ1) is 12.6. The molecule has 2 N–H and O–H groups in total. The molecule has 0 heterocycles. The van der Waals surface area contributed by atoms with Crippen molar-refractivity contribution in [1.82, 2.24) is 10.9 Å². The summed E-state index contributed by atoms with van der Waals surface area (Å²) in [4.78, 5) is 23.9. The Labute approximate surface area is 153 Å². The van der Waals surface area contributed by atoms with Crippen molar-refractivity contribution in [3.05, 3.63) is 59.7 Å². The van der Waals surface area contributed by atoms with Gasteiger partial charge < -0.3 is 9.47 Å². The number of amides is 2. The number of aryl methyl sites for hydroxylation is 1. The second kappa shape index (κ2) is 10.1. The second-order valence-corrected chi connectivity index (χ2v) is 5.65. The summed E-state index contributed by atoms with van der Waals surface area (Å²) >= 11 is 0. The van der Waals surface area contributed by atoms with Crippen LogP contribution in [0.25, 0.3) is 0 Å². The van der Waals surface area contributed by atoms with E-state index in [0.29, 0.717) is 36.7 Å². The highest BCUT2D eigenvalue weighted by atomic mass is 16.5. The van der Waals surface area contributed by atoms with E-state index in [1.165, 1.54) is 0 Å². The Morgan fingerprint density at radius 1 is 0.923 bits per heavy atom. The van der Waals surface area contributed by atoms with E-state index in [-0.39, 0.29) is 18.2 Å². The Hall–Kier alpha value is -3.02. The number of carbonyl (C=O) groups excluding carboxylic acids is 2. The fraction of sp³-hybridized carbons (Fsp3) is 0.300. The lowest BCUT2D eigenvalue weighted by atomic mass is 10.1. The zero-order chi connectivity index (χ0) is 18.8. The molecule has 0 saturated carbocycles. The molecule has 0 spiro atoms. The average Bonchev–Trinajstić information content (AvgIpc) is 2.65. The largest absolute Gasteiger partial charge is 0.490 e. The van der Waals surface area contributed by atoms with Crippen molar-refractivity contribution in [1.29, 1.82) is 0 Å². The molecule has 0 aromatic heterocycles. The lowest BCUT2D eigenvalue weighted by Gasteiger charge is -2.12. The van der Waals surface area contributed by atoms with Crippen LogP contribution in [0.15, 0.2) is 48.5 Å². The molecule has 138 valence electrons. The summed E-state index contributed by atoms with van der Waals surface area (Å²) in [5.41, 5.74) is 6.22. The fourth-order valence-electron chi connectivity index (χ4n) is 2.34. The summed E-state index contributed by atoms with van der Waals surface area (Å²) in [5.74, 6) is 0.736. The highest BCUT2D eigenvalue weighted by Crippen LogP contribution is 2.26. The summed E-state index contributed by atoms with van der Waals surface area (Å²) in [6.45, 7) is 4.69. The van der Waals surface area contributed by atoms with Crippen LogP contribution in [-0.4, -0.2) is 25.0 Å². The maximum absolute atomic E-state index is 12.0. The van der Waals surface area contributed by atoms with E-state index < -0.39 is 0 Å². The Morgan fingerprint density at radius 2 is 1.58 bits per heavy atom. The molecule has 0 saturated heterocycles. The molecule has 0 bridgehead atoms. The second-order valence-electron chi connectivity index (χ2n) is 5.65. The van der Waals surface area contributed by atoms with Crippen LogP contribution in [0.5, 0.6) is 11.5 Å². The number of carbonyl (C=O) groups is 2. The third kappa shape index (κ3) is 5.81. The quantitative estimate of drug-likeness (QED) is 0.563. The summed E-state index contributed by atoms with van der Waals surface area (Å²) in [7, 11) is 0. The van der Waals surface area contributed by atoms with Gasteiger partial charge in [0.15, 0.2) is 11.5 Å². The molecule has 2 aromatic rings. The zero-order valence-electron chi connectivity index (χ0n) is 15.1. The van der Waals surface area contributed by atoms with Crippen molar-refractivity contribution >= 4 is 11.8 Å². The first-order valence-corrected chi connectivity index (χ1v) is 8.61. The van der Waals surface area contributed by atoms with Crippen molar-refractivity contribution in [3.63, 3.8) is 0 Å². The summed E-state index contributed by atoms with van der Waals surface area (Å²) in [6, 6.07) is 14.6. The van der Waals surface area contributed by atoms with Crippen LogP contribution in [0, 0.1) is 6.92 Å². The summed E-state index contributed by atoms with van der Waals surface area (Å²) in [5, 5.41) is 0. The molecule has 0 unspecified atom stereocenters. The van der Waals surface area contributed by atoms with E-state index in [2.05, 4.69) is 10.9 Å². The maximum atomic E-state index is 12.0. The van der Waals surface area contributed by atoms with Crippen molar-refractivity contribution in [2.24, 2.45) is 0 Å². The number of rotatable bonds is 8. The Balaban J connectivity index is 1.70. The summed E-state index contributed by atoms with van der Waals surface area (Å²) < 4.78 is 11.1. The predicted octanol–water partition coefficient (Wildman–Crippen LogP) is 3.01. The minimum atomic E-state index is -0.335. The molecule has 6 heteroatoms. The molecule has 0 aliphatic rings. The predicted molar refractivity (Wildman–Crippen MR) is 99.1 cm³/mol. The number of hydrogen-bond donors (Lipinski definition) is 2. The highest BCUT2D eigenvalue weighted by Gasteiger charge is 2.09. The van der Waals surface area contributed by atoms with E-state index in [1.54, 1.807) is 12.1 Å². The van der Waals surface area contributed by atoms with Crippen molar-refractivity contribution in [3.8, 4) is 11.5 Å². The number of ether oxygens (including phenoxy) is 2. The lowest BCUT2D eigenvalue weighted by molar-refractivity contribution is -0.122. The number of hydrogen-bond acceptors (Lipinski definition) is 4. The van der Waals surface area contributed by atoms with Crippen LogP contribution >= 0.6 is 0 Å². The molecule has 2 rings (SSSR count). The lowest BCUT2D eigenvalue weighted by Crippen LogP contribution is -2.41. The van der Waals surface area contributed by atoms with Gasteiger partial charge in [0.25, 0.3) is 5.91 Å². The Kier molecular flexibility index (Phi) is 7.49. The Morgan fingerprint density at radius 3 is 2.27 bits per heavy atom. The molecule has 2 aromatic carbocycles. The van der Waals surface area contributed by atoms with E-state index in [0.717, 1.165) is 5.56 Å². The molecule has 0 aliphatic carbocycles. The van der Waals surface area contributed by atoms with Crippen molar-refractivity contribution < 1.29 is 19.1 Å². The van der Waals surface area contributed by atoms with Gasteiger partial charge in [-0.2, -0.15) is 0 Å². The van der Waals surface area contributed by atoms with E-state index in [4.69, 9.17) is 9.47 Å². The molecule has 26 heavy (non-hydrogen) atoms. The van der Waals surface area contributed by atoms with Gasteiger partial charge in [0.1, 0.15) is 0 Å². The van der Waals surface area contributed by atoms with Crippen LogP contribution in [0.1, 0.15) is 35.7 Å². The van der Waals surface area contributed by atoms with Crippen LogP contribution in [0.3, 0.4) is 0 Å². The molecule has 6 nitrogen and oxygen atoms in total. The number of hydrazine groups is 1. The minimum Gasteiger partial charge on any atom is -0.490 e.